The molecule has 6 heteroatoms. The number of hydrogen-bond donors (Lipinski definition) is 3. The third kappa shape index (κ3) is 6.52. The van der Waals surface area contributed by atoms with Crippen LogP contribution in [0.2, 0.25) is 0 Å². The minimum Gasteiger partial charge on any atom is -0.321 e. The molecule has 19 heavy (non-hydrogen) atoms. The van der Waals surface area contributed by atoms with E-state index >= 15 is 0 Å². The molecule has 0 fully saturated rings. The first kappa shape index (κ1) is 15.1. The lowest BCUT2D eigenvalue weighted by molar-refractivity contribution is -0.129. The molecule has 0 aromatic heterocycles. The van der Waals surface area contributed by atoms with Crippen LogP contribution in [-0.4, -0.2) is 24.1 Å². The number of rotatable bonds is 7. The Kier molecular flexibility index (Phi) is 6.52. The van der Waals surface area contributed by atoms with Gasteiger partial charge in [-0.2, -0.15) is 0 Å². The van der Waals surface area contributed by atoms with Gasteiger partial charge in [0.25, 0.3) is 0 Å². The molecule has 0 aromatic rings. The molecule has 1 unspecified atom stereocenters. The van der Waals surface area contributed by atoms with Gasteiger partial charge in [-0.3, -0.25) is 20.4 Å². The van der Waals surface area contributed by atoms with Crippen molar-refractivity contribution in [2.75, 3.05) is 0 Å². The number of aldehydes is 1. The fourth-order valence-electron chi connectivity index (χ4n) is 1.67. The molecule has 2 amide bonds. The first-order valence-electron chi connectivity index (χ1n) is 6.25. The van der Waals surface area contributed by atoms with Gasteiger partial charge in [0.15, 0.2) is 0 Å². The third-order valence-electron chi connectivity index (χ3n) is 2.69. The smallest absolute Gasteiger partial charge is 0.240 e. The Morgan fingerprint density at radius 3 is 2.74 bits per heavy atom. The molecule has 6 nitrogen and oxygen atoms in total. The number of hydrogen-bond acceptors (Lipinski definition) is 4. The summed E-state index contributed by atoms with van der Waals surface area (Å²) in [4.78, 5) is 32.9. The van der Waals surface area contributed by atoms with E-state index in [1.165, 1.54) is 5.57 Å². The van der Waals surface area contributed by atoms with E-state index in [-0.39, 0.29) is 12.3 Å². The van der Waals surface area contributed by atoms with Gasteiger partial charge in [-0.15, -0.1) is 0 Å². The third-order valence-corrected chi connectivity index (χ3v) is 2.69. The number of amides is 2. The van der Waals surface area contributed by atoms with E-state index in [2.05, 4.69) is 23.0 Å². The van der Waals surface area contributed by atoms with Crippen molar-refractivity contribution in [1.82, 2.24) is 10.9 Å². The Balaban J connectivity index is 2.07. The minimum atomic E-state index is -0.835. The quantitative estimate of drug-likeness (QED) is 0.449. The maximum absolute atomic E-state index is 11.4. The van der Waals surface area contributed by atoms with Gasteiger partial charge in [-0.05, 0) is 19.3 Å². The SMILES string of the molecule is NC(C=O)CC(=O)NNC(=O)CCCC1=CC=CC1. The molecule has 4 N–H and O–H groups in total. The number of carbonyl (C=O) groups excluding carboxylic acids is 3. The summed E-state index contributed by atoms with van der Waals surface area (Å²) in [5.41, 5.74) is 11.1. The van der Waals surface area contributed by atoms with Crippen molar-refractivity contribution in [3.05, 3.63) is 23.8 Å². The second-order valence-corrected chi connectivity index (χ2v) is 4.41. The fourth-order valence-corrected chi connectivity index (χ4v) is 1.67. The zero-order valence-electron chi connectivity index (χ0n) is 10.7. The first-order chi connectivity index (χ1) is 9.11. The van der Waals surface area contributed by atoms with Gasteiger partial charge < -0.3 is 10.5 Å². The summed E-state index contributed by atoms with van der Waals surface area (Å²) in [6.07, 6.45) is 9.41. The second kappa shape index (κ2) is 8.20. The van der Waals surface area contributed by atoms with Crippen LogP contribution in [0.4, 0.5) is 0 Å². The highest BCUT2D eigenvalue weighted by atomic mass is 16.2. The van der Waals surface area contributed by atoms with E-state index in [4.69, 9.17) is 5.73 Å². The summed E-state index contributed by atoms with van der Waals surface area (Å²) in [5, 5.41) is 0. The topological polar surface area (TPSA) is 101 Å². The summed E-state index contributed by atoms with van der Waals surface area (Å²) < 4.78 is 0. The summed E-state index contributed by atoms with van der Waals surface area (Å²) in [7, 11) is 0. The Bertz CT molecular complexity index is 402. The highest BCUT2D eigenvalue weighted by Gasteiger charge is 2.09. The van der Waals surface area contributed by atoms with Crippen molar-refractivity contribution in [3.63, 3.8) is 0 Å². The molecule has 0 heterocycles. The molecular formula is C13H19N3O3. The van der Waals surface area contributed by atoms with Crippen LogP contribution in [0.1, 0.15) is 32.1 Å². The lowest BCUT2D eigenvalue weighted by Crippen LogP contribution is -2.43. The maximum atomic E-state index is 11.4. The standard InChI is InChI=1S/C13H19N3O3/c14-11(9-17)8-13(19)16-15-12(18)7-3-6-10-4-1-2-5-10/h1-2,4,9,11H,3,5-8,14H2,(H,15,18)(H,16,19). The van der Waals surface area contributed by atoms with Crippen LogP contribution < -0.4 is 16.6 Å². The molecule has 104 valence electrons. The molecule has 1 aliphatic rings. The Hall–Kier alpha value is -1.95. The van der Waals surface area contributed by atoms with Gasteiger partial charge in [0.1, 0.15) is 6.29 Å². The second-order valence-electron chi connectivity index (χ2n) is 4.41. The van der Waals surface area contributed by atoms with Crippen molar-refractivity contribution in [3.8, 4) is 0 Å². The largest absolute Gasteiger partial charge is 0.321 e. The van der Waals surface area contributed by atoms with Gasteiger partial charge in [0.2, 0.25) is 11.8 Å². The van der Waals surface area contributed by atoms with E-state index < -0.39 is 11.9 Å². The normalized spacial score (nSPS) is 14.7. The minimum absolute atomic E-state index is 0.137. The Labute approximate surface area is 112 Å². The summed E-state index contributed by atoms with van der Waals surface area (Å²) in [6, 6.07) is -0.835. The lowest BCUT2D eigenvalue weighted by Gasteiger charge is -2.08. The van der Waals surface area contributed by atoms with Gasteiger partial charge in [-0.25, -0.2) is 0 Å². The zero-order valence-corrected chi connectivity index (χ0v) is 10.7. The zero-order chi connectivity index (χ0) is 14.1. The predicted octanol–water partition coefficient (Wildman–Crippen LogP) is 0.107. The number of hydrazine groups is 1. The molecule has 0 aliphatic heterocycles. The van der Waals surface area contributed by atoms with Gasteiger partial charge in [0, 0.05) is 6.42 Å². The average Bonchev–Trinajstić information content (AvgIpc) is 2.89. The molecule has 0 bridgehead atoms. The highest BCUT2D eigenvalue weighted by molar-refractivity contribution is 5.83. The van der Waals surface area contributed by atoms with Crippen LogP contribution in [0.25, 0.3) is 0 Å². The number of nitrogens with one attached hydrogen (secondary N) is 2. The van der Waals surface area contributed by atoms with Crippen LogP contribution >= 0.6 is 0 Å². The molecular weight excluding hydrogens is 246 g/mol. The lowest BCUT2D eigenvalue weighted by atomic mass is 10.1. The summed E-state index contributed by atoms with van der Waals surface area (Å²) in [6.45, 7) is 0. The molecule has 1 atom stereocenters. The molecule has 1 aliphatic carbocycles. The van der Waals surface area contributed by atoms with Crippen molar-refractivity contribution in [1.29, 1.82) is 0 Å². The van der Waals surface area contributed by atoms with E-state index in [9.17, 15) is 14.4 Å². The molecule has 0 aromatic carbocycles. The van der Waals surface area contributed by atoms with Crippen LogP contribution in [-0.2, 0) is 14.4 Å². The number of allylic oxidation sites excluding steroid dienone is 4. The predicted molar refractivity (Wildman–Crippen MR) is 70.6 cm³/mol. The monoisotopic (exact) mass is 265 g/mol. The highest BCUT2D eigenvalue weighted by Crippen LogP contribution is 2.16. The van der Waals surface area contributed by atoms with Crippen molar-refractivity contribution < 1.29 is 14.4 Å². The van der Waals surface area contributed by atoms with Crippen molar-refractivity contribution in [2.45, 2.75) is 38.1 Å². The fraction of sp³-hybridized carbons (Fsp3) is 0.462. The van der Waals surface area contributed by atoms with E-state index in [0.717, 1.165) is 19.3 Å². The maximum Gasteiger partial charge on any atom is 0.240 e. The van der Waals surface area contributed by atoms with E-state index in [1.807, 2.05) is 6.08 Å². The molecule has 0 saturated heterocycles. The van der Waals surface area contributed by atoms with Crippen molar-refractivity contribution in [2.24, 2.45) is 5.73 Å². The van der Waals surface area contributed by atoms with Crippen LogP contribution in [0.5, 0.6) is 0 Å². The Morgan fingerprint density at radius 1 is 1.37 bits per heavy atom. The van der Waals surface area contributed by atoms with Crippen LogP contribution in [0.3, 0.4) is 0 Å². The average molecular weight is 265 g/mol. The summed E-state index contributed by atoms with van der Waals surface area (Å²) in [5.74, 6) is -0.727. The number of nitrogens with two attached hydrogens (primary N) is 1. The van der Waals surface area contributed by atoms with Crippen LogP contribution in [0.15, 0.2) is 23.8 Å². The van der Waals surface area contributed by atoms with Gasteiger partial charge in [0.05, 0.1) is 12.5 Å². The van der Waals surface area contributed by atoms with Gasteiger partial charge >= 0.3 is 0 Å². The van der Waals surface area contributed by atoms with Crippen molar-refractivity contribution >= 4 is 18.1 Å². The van der Waals surface area contributed by atoms with Crippen LogP contribution in [0, 0.1) is 0 Å². The summed E-state index contributed by atoms with van der Waals surface area (Å²) >= 11 is 0. The molecule has 1 rings (SSSR count). The molecule has 0 radical (unpaired) electrons. The first-order valence-corrected chi connectivity index (χ1v) is 6.25. The Morgan fingerprint density at radius 2 is 2.11 bits per heavy atom. The number of carbonyl (C=O) groups is 3. The molecule has 0 spiro atoms. The van der Waals surface area contributed by atoms with E-state index in [1.54, 1.807) is 0 Å². The van der Waals surface area contributed by atoms with Gasteiger partial charge in [-0.1, -0.05) is 23.8 Å². The van der Waals surface area contributed by atoms with E-state index in [0.29, 0.717) is 12.7 Å². The molecule has 0 saturated carbocycles.